The standard InChI is InChI=1S/C14H18FN3/c1-9(12-4-6-13(15)7-5-12)16-8-14-10(2)17-18-11(14)3/h4-7,9,16H,8H2,1-3H3,(H,17,18). The summed E-state index contributed by atoms with van der Waals surface area (Å²) in [6, 6.07) is 6.77. The van der Waals surface area contributed by atoms with Gasteiger partial charge in [0, 0.05) is 23.8 Å². The zero-order chi connectivity index (χ0) is 13.1. The largest absolute Gasteiger partial charge is 0.306 e. The average Bonchev–Trinajstić information content (AvgIpc) is 2.67. The Morgan fingerprint density at radius 1 is 1.28 bits per heavy atom. The predicted molar refractivity (Wildman–Crippen MR) is 69.7 cm³/mol. The van der Waals surface area contributed by atoms with E-state index < -0.39 is 0 Å². The molecule has 1 aromatic carbocycles. The second-order valence-corrected chi connectivity index (χ2v) is 4.57. The zero-order valence-corrected chi connectivity index (χ0v) is 10.9. The third kappa shape index (κ3) is 2.76. The third-order valence-electron chi connectivity index (χ3n) is 3.24. The van der Waals surface area contributed by atoms with Gasteiger partial charge >= 0.3 is 0 Å². The number of aryl methyl sites for hydroxylation is 2. The molecule has 1 atom stereocenters. The van der Waals surface area contributed by atoms with Crippen LogP contribution in [-0.4, -0.2) is 10.2 Å². The molecule has 4 heteroatoms. The quantitative estimate of drug-likeness (QED) is 0.872. The van der Waals surface area contributed by atoms with Gasteiger partial charge in [-0.1, -0.05) is 12.1 Å². The predicted octanol–water partition coefficient (Wildman–Crippen LogP) is 3.02. The minimum atomic E-state index is -0.201. The van der Waals surface area contributed by atoms with Crippen molar-refractivity contribution in [1.29, 1.82) is 0 Å². The number of hydrogen-bond donors (Lipinski definition) is 2. The average molecular weight is 247 g/mol. The minimum Gasteiger partial charge on any atom is -0.306 e. The van der Waals surface area contributed by atoms with E-state index in [1.807, 2.05) is 26.0 Å². The Balaban J connectivity index is 2.00. The molecule has 1 heterocycles. The van der Waals surface area contributed by atoms with Crippen molar-refractivity contribution in [3.05, 3.63) is 52.6 Å². The normalized spacial score (nSPS) is 12.7. The monoisotopic (exact) mass is 247 g/mol. The molecule has 1 aromatic heterocycles. The highest BCUT2D eigenvalue weighted by Crippen LogP contribution is 2.15. The second-order valence-electron chi connectivity index (χ2n) is 4.57. The molecule has 3 nitrogen and oxygen atoms in total. The van der Waals surface area contributed by atoms with Gasteiger partial charge in [-0.2, -0.15) is 5.10 Å². The Kier molecular flexibility index (Phi) is 3.77. The van der Waals surface area contributed by atoms with Gasteiger partial charge in [0.15, 0.2) is 0 Å². The van der Waals surface area contributed by atoms with Crippen LogP contribution in [0.3, 0.4) is 0 Å². The fourth-order valence-corrected chi connectivity index (χ4v) is 1.96. The highest BCUT2D eigenvalue weighted by atomic mass is 19.1. The number of aromatic amines is 1. The molecule has 0 bridgehead atoms. The topological polar surface area (TPSA) is 40.7 Å². The van der Waals surface area contributed by atoms with Gasteiger partial charge in [0.05, 0.1) is 5.69 Å². The number of rotatable bonds is 4. The Labute approximate surface area is 106 Å². The van der Waals surface area contributed by atoms with Crippen LogP contribution in [0.1, 0.15) is 35.5 Å². The number of halogens is 1. The lowest BCUT2D eigenvalue weighted by Gasteiger charge is -2.14. The lowest BCUT2D eigenvalue weighted by molar-refractivity contribution is 0.569. The maximum absolute atomic E-state index is 12.8. The Morgan fingerprint density at radius 2 is 1.94 bits per heavy atom. The lowest BCUT2D eigenvalue weighted by atomic mass is 10.1. The summed E-state index contributed by atoms with van der Waals surface area (Å²) in [7, 11) is 0. The van der Waals surface area contributed by atoms with Crippen LogP contribution in [0.4, 0.5) is 4.39 Å². The highest BCUT2D eigenvalue weighted by molar-refractivity contribution is 5.24. The molecule has 0 aliphatic rings. The van der Waals surface area contributed by atoms with E-state index in [0.29, 0.717) is 0 Å². The Hall–Kier alpha value is -1.68. The van der Waals surface area contributed by atoms with Crippen molar-refractivity contribution >= 4 is 0 Å². The molecular weight excluding hydrogens is 229 g/mol. The molecule has 0 amide bonds. The molecule has 2 N–H and O–H groups in total. The Morgan fingerprint density at radius 3 is 2.50 bits per heavy atom. The summed E-state index contributed by atoms with van der Waals surface area (Å²) in [6.07, 6.45) is 0. The molecule has 0 fully saturated rings. The third-order valence-corrected chi connectivity index (χ3v) is 3.24. The van der Waals surface area contributed by atoms with E-state index in [1.165, 1.54) is 17.7 Å². The van der Waals surface area contributed by atoms with Crippen molar-refractivity contribution in [3.8, 4) is 0 Å². The van der Waals surface area contributed by atoms with Crippen LogP contribution in [0, 0.1) is 19.7 Å². The fourth-order valence-electron chi connectivity index (χ4n) is 1.96. The smallest absolute Gasteiger partial charge is 0.123 e. The van der Waals surface area contributed by atoms with Crippen LogP contribution in [-0.2, 0) is 6.54 Å². The zero-order valence-electron chi connectivity index (χ0n) is 10.9. The van der Waals surface area contributed by atoms with E-state index in [1.54, 1.807) is 0 Å². The van der Waals surface area contributed by atoms with Crippen LogP contribution in [0.5, 0.6) is 0 Å². The molecule has 0 spiro atoms. The first kappa shape index (κ1) is 12.8. The first-order valence-electron chi connectivity index (χ1n) is 6.07. The number of nitrogens with one attached hydrogen (secondary N) is 2. The van der Waals surface area contributed by atoms with Gasteiger partial charge in [0.1, 0.15) is 5.82 Å². The molecule has 0 aliphatic carbocycles. The van der Waals surface area contributed by atoms with Crippen molar-refractivity contribution in [2.75, 3.05) is 0 Å². The number of benzene rings is 1. The van der Waals surface area contributed by atoms with Gasteiger partial charge in [-0.15, -0.1) is 0 Å². The van der Waals surface area contributed by atoms with Crippen LogP contribution >= 0.6 is 0 Å². The molecule has 1 unspecified atom stereocenters. The van der Waals surface area contributed by atoms with Crippen molar-refractivity contribution < 1.29 is 4.39 Å². The second kappa shape index (κ2) is 5.31. The lowest BCUT2D eigenvalue weighted by Crippen LogP contribution is -2.18. The number of H-pyrrole nitrogens is 1. The van der Waals surface area contributed by atoms with Crippen LogP contribution < -0.4 is 5.32 Å². The molecule has 2 rings (SSSR count). The van der Waals surface area contributed by atoms with Crippen molar-refractivity contribution in [2.45, 2.75) is 33.4 Å². The van der Waals surface area contributed by atoms with E-state index in [0.717, 1.165) is 23.5 Å². The molecule has 0 aliphatic heterocycles. The SMILES string of the molecule is Cc1n[nH]c(C)c1CNC(C)c1ccc(F)cc1. The number of nitrogens with zero attached hydrogens (tertiary/aromatic N) is 1. The summed E-state index contributed by atoms with van der Waals surface area (Å²) in [5.74, 6) is -0.201. The van der Waals surface area contributed by atoms with Gasteiger partial charge in [-0.25, -0.2) is 4.39 Å². The number of aromatic nitrogens is 2. The van der Waals surface area contributed by atoms with Crippen molar-refractivity contribution in [3.63, 3.8) is 0 Å². The van der Waals surface area contributed by atoms with Gasteiger partial charge in [-0.3, -0.25) is 5.10 Å². The maximum atomic E-state index is 12.8. The van der Waals surface area contributed by atoms with Gasteiger partial charge in [0.25, 0.3) is 0 Å². The van der Waals surface area contributed by atoms with E-state index in [-0.39, 0.29) is 11.9 Å². The molecular formula is C14H18FN3. The van der Waals surface area contributed by atoms with Crippen molar-refractivity contribution in [1.82, 2.24) is 15.5 Å². The van der Waals surface area contributed by atoms with E-state index in [9.17, 15) is 4.39 Å². The molecule has 0 saturated heterocycles. The molecule has 18 heavy (non-hydrogen) atoms. The number of hydrogen-bond acceptors (Lipinski definition) is 2. The summed E-state index contributed by atoms with van der Waals surface area (Å²) in [4.78, 5) is 0. The maximum Gasteiger partial charge on any atom is 0.123 e. The summed E-state index contributed by atoms with van der Waals surface area (Å²) in [5, 5.41) is 10.6. The first-order valence-corrected chi connectivity index (χ1v) is 6.07. The summed E-state index contributed by atoms with van der Waals surface area (Å²) < 4.78 is 12.8. The van der Waals surface area contributed by atoms with Gasteiger partial charge in [-0.05, 0) is 38.5 Å². The van der Waals surface area contributed by atoms with Crippen LogP contribution in [0.2, 0.25) is 0 Å². The van der Waals surface area contributed by atoms with Crippen LogP contribution in [0.15, 0.2) is 24.3 Å². The van der Waals surface area contributed by atoms with Crippen LogP contribution in [0.25, 0.3) is 0 Å². The summed E-state index contributed by atoms with van der Waals surface area (Å²) >= 11 is 0. The van der Waals surface area contributed by atoms with E-state index in [2.05, 4.69) is 22.4 Å². The van der Waals surface area contributed by atoms with Gasteiger partial charge in [0.2, 0.25) is 0 Å². The molecule has 0 radical (unpaired) electrons. The van der Waals surface area contributed by atoms with Gasteiger partial charge < -0.3 is 5.32 Å². The summed E-state index contributed by atoms with van der Waals surface area (Å²) in [6.45, 7) is 6.83. The highest BCUT2D eigenvalue weighted by Gasteiger charge is 2.09. The molecule has 2 aromatic rings. The first-order chi connectivity index (χ1) is 8.58. The van der Waals surface area contributed by atoms with Crippen molar-refractivity contribution in [2.24, 2.45) is 0 Å². The molecule has 96 valence electrons. The fraction of sp³-hybridized carbons (Fsp3) is 0.357. The minimum absolute atomic E-state index is 0.180. The summed E-state index contributed by atoms with van der Waals surface area (Å²) in [5.41, 5.74) is 4.39. The molecule has 0 saturated carbocycles. The van der Waals surface area contributed by atoms with E-state index in [4.69, 9.17) is 0 Å². The van der Waals surface area contributed by atoms with E-state index >= 15 is 0 Å². The Bertz CT molecular complexity index is 497.